The molecule has 1 fully saturated rings. The molecule has 3 nitrogen and oxygen atoms in total. The Kier molecular flexibility index (Phi) is 5.79. The number of nitrogens with zero attached hydrogens (tertiary/aromatic N) is 2. The van der Waals surface area contributed by atoms with Gasteiger partial charge in [-0.05, 0) is 67.9 Å². The van der Waals surface area contributed by atoms with Gasteiger partial charge >= 0.3 is 0 Å². The number of amides is 1. The predicted molar refractivity (Wildman–Crippen MR) is 97.0 cm³/mol. The van der Waals surface area contributed by atoms with Crippen LogP contribution in [0.3, 0.4) is 0 Å². The van der Waals surface area contributed by atoms with E-state index in [9.17, 15) is 9.18 Å². The Balaban J connectivity index is 1.58. The molecule has 0 N–H and O–H groups in total. The van der Waals surface area contributed by atoms with Crippen LogP contribution >= 0.6 is 0 Å². The average molecular weight is 340 g/mol. The normalized spacial score (nSPS) is 17.5. The smallest absolute Gasteiger partial charge is 0.253 e. The van der Waals surface area contributed by atoms with Crippen LogP contribution in [0.2, 0.25) is 0 Å². The lowest BCUT2D eigenvalue weighted by Gasteiger charge is -2.33. The third kappa shape index (κ3) is 4.65. The molecular formula is C21H25FN2O. The lowest BCUT2D eigenvalue weighted by atomic mass is 9.91. The summed E-state index contributed by atoms with van der Waals surface area (Å²) in [4.78, 5) is 19.0. The van der Waals surface area contributed by atoms with Gasteiger partial charge in [0, 0.05) is 30.5 Å². The quantitative estimate of drug-likeness (QED) is 0.814. The first-order valence-corrected chi connectivity index (χ1v) is 9.14. The van der Waals surface area contributed by atoms with Crippen LogP contribution in [0.1, 0.15) is 47.8 Å². The molecule has 132 valence electrons. The molecule has 0 unspecified atom stereocenters. The maximum absolute atomic E-state index is 13.0. The number of rotatable bonds is 5. The largest absolute Gasteiger partial charge is 0.338 e. The highest BCUT2D eigenvalue weighted by Crippen LogP contribution is 2.23. The van der Waals surface area contributed by atoms with Crippen molar-refractivity contribution in [3.8, 4) is 0 Å². The Morgan fingerprint density at radius 2 is 2.08 bits per heavy atom. The summed E-state index contributed by atoms with van der Waals surface area (Å²) in [5, 5.41) is 0. The first kappa shape index (κ1) is 17.6. The van der Waals surface area contributed by atoms with Crippen LogP contribution < -0.4 is 0 Å². The van der Waals surface area contributed by atoms with Gasteiger partial charge in [0.1, 0.15) is 5.82 Å². The van der Waals surface area contributed by atoms with E-state index in [1.54, 1.807) is 6.20 Å². The molecule has 0 aliphatic carbocycles. The van der Waals surface area contributed by atoms with E-state index in [1.165, 1.54) is 12.1 Å². The van der Waals surface area contributed by atoms with Gasteiger partial charge in [0.05, 0.1) is 0 Å². The van der Waals surface area contributed by atoms with Crippen molar-refractivity contribution in [2.45, 2.75) is 39.0 Å². The van der Waals surface area contributed by atoms with Gasteiger partial charge in [-0.1, -0.05) is 19.1 Å². The molecule has 0 bridgehead atoms. The second-order valence-corrected chi connectivity index (χ2v) is 6.81. The van der Waals surface area contributed by atoms with Crippen molar-refractivity contribution >= 4 is 5.91 Å². The number of hydrogen-bond donors (Lipinski definition) is 0. The minimum absolute atomic E-state index is 0.114. The van der Waals surface area contributed by atoms with Crippen molar-refractivity contribution in [2.75, 3.05) is 13.1 Å². The molecule has 1 atom stereocenters. The number of carbonyl (C=O) groups is 1. The molecular weight excluding hydrogens is 315 g/mol. The van der Waals surface area contributed by atoms with E-state index in [4.69, 9.17) is 0 Å². The number of carbonyl (C=O) groups excluding carboxylic acids is 1. The molecule has 2 aromatic rings. The van der Waals surface area contributed by atoms with Crippen LogP contribution in [0, 0.1) is 11.7 Å². The van der Waals surface area contributed by atoms with E-state index in [0.717, 1.165) is 62.0 Å². The summed E-state index contributed by atoms with van der Waals surface area (Å²) in [6.45, 7) is 3.68. The Labute approximate surface area is 148 Å². The summed E-state index contributed by atoms with van der Waals surface area (Å²) >= 11 is 0. The van der Waals surface area contributed by atoms with Gasteiger partial charge in [0.25, 0.3) is 5.91 Å². The first-order valence-electron chi connectivity index (χ1n) is 9.14. The molecule has 1 aliphatic heterocycles. The summed E-state index contributed by atoms with van der Waals surface area (Å²) in [5.74, 6) is 0.431. The Morgan fingerprint density at radius 3 is 2.84 bits per heavy atom. The molecule has 25 heavy (non-hydrogen) atoms. The van der Waals surface area contributed by atoms with Crippen LogP contribution in [0.15, 0.2) is 42.6 Å². The lowest BCUT2D eigenvalue weighted by Crippen LogP contribution is -2.40. The zero-order chi connectivity index (χ0) is 17.6. The number of piperidine rings is 1. The lowest BCUT2D eigenvalue weighted by molar-refractivity contribution is 0.0668. The second-order valence-electron chi connectivity index (χ2n) is 6.81. The molecule has 0 saturated carbocycles. The first-order chi connectivity index (χ1) is 12.2. The van der Waals surface area contributed by atoms with E-state index in [1.807, 2.05) is 36.1 Å². The van der Waals surface area contributed by atoms with Gasteiger partial charge in [-0.2, -0.15) is 0 Å². The predicted octanol–water partition coefficient (Wildman–Crippen LogP) is 4.27. The van der Waals surface area contributed by atoms with Gasteiger partial charge in [0.2, 0.25) is 0 Å². The number of likely N-dealkylation sites (tertiary alicyclic amines) is 1. The fraction of sp³-hybridized carbons (Fsp3) is 0.429. The van der Waals surface area contributed by atoms with E-state index < -0.39 is 0 Å². The van der Waals surface area contributed by atoms with Crippen LogP contribution in [-0.2, 0) is 12.8 Å². The summed E-state index contributed by atoms with van der Waals surface area (Å²) in [5.41, 5.74) is 2.85. The highest BCUT2D eigenvalue weighted by Gasteiger charge is 2.24. The molecule has 0 spiro atoms. The van der Waals surface area contributed by atoms with Gasteiger partial charge < -0.3 is 4.90 Å². The standard InChI is InChI=1S/C21H25FN2O/c1-2-20-14-18(11-12-23-20)21(25)24-13-3-4-17(15-24)6-5-16-7-9-19(22)10-8-16/h7-12,14,17H,2-6,13,15H2,1H3/t17-/m0/s1. The molecule has 1 aliphatic rings. The fourth-order valence-corrected chi connectivity index (χ4v) is 3.49. The minimum atomic E-state index is -0.193. The second kappa shape index (κ2) is 8.24. The zero-order valence-electron chi connectivity index (χ0n) is 14.7. The number of benzene rings is 1. The molecule has 3 rings (SSSR count). The van der Waals surface area contributed by atoms with Gasteiger partial charge in [-0.25, -0.2) is 4.39 Å². The molecule has 2 heterocycles. The van der Waals surface area contributed by atoms with Gasteiger partial charge in [0.15, 0.2) is 0 Å². The maximum atomic E-state index is 13.0. The number of aryl methyl sites for hydroxylation is 2. The van der Waals surface area contributed by atoms with Gasteiger partial charge in [-0.3, -0.25) is 9.78 Å². The molecule has 4 heteroatoms. The SMILES string of the molecule is CCc1cc(C(=O)N2CCC[C@@H](CCc3ccc(F)cc3)C2)ccn1. The highest BCUT2D eigenvalue weighted by atomic mass is 19.1. The summed E-state index contributed by atoms with van der Waals surface area (Å²) in [6.07, 6.45) is 6.73. The van der Waals surface area contributed by atoms with Crippen molar-refractivity contribution in [2.24, 2.45) is 5.92 Å². The molecule has 1 aromatic heterocycles. The average Bonchev–Trinajstić information content (AvgIpc) is 2.67. The summed E-state index contributed by atoms with van der Waals surface area (Å²) < 4.78 is 13.0. The van der Waals surface area contributed by atoms with Crippen LogP contribution in [-0.4, -0.2) is 28.9 Å². The number of halogens is 1. The summed E-state index contributed by atoms with van der Waals surface area (Å²) in [7, 11) is 0. The third-order valence-electron chi connectivity index (χ3n) is 4.99. The summed E-state index contributed by atoms with van der Waals surface area (Å²) in [6, 6.07) is 10.4. The van der Waals surface area contributed by atoms with Crippen LogP contribution in [0.5, 0.6) is 0 Å². The van der Waals surface area contributed by atoms with E-state index in [-0.39, 0.29) is 11.7 Å². The van der Waals surface area contributed by atoms with E-state index in [2.05, 4.69) is 4.98 Å². The highest BCUT2D eigenvalue weighted by molar-refractivity contribution is 5.94. The Morgan fingerprint density at radius 1 is 1.28 bits per heavy atom. The Bertz CT molecular complexity index is 714. The van der Waals surface area contributed by atoms with Crippen molar-refractivity contribution < 1.29 is 9.18 Å². The minimum Gasteiger partial charge on any atom is -0.338 e. The van der Waals surface area contributed by atoms with Crippen molar-refractivity contribution in [1.82, 2.24) is 9.88 Å². The number of hydrogen-bond acceptors (Lipinski definition) is 2. The molecule has 1 saturated heterocycles. The fourth-order valence-electron chi connectivity index (χ4n) is 3.49. The van der Waals surface area contributed by atoms with E-state index in [0.29, 0.717) is 5.92 Å². The maximum Gasteiger partial charge on any atom is 0.253 e. The molecule has 1 amide bonds. The Hall–Kier alpha value is -2.23. The number of aromatic nitrogens is 1. The molecule has 0 radical (unpaired) electrons. The zero-order valence-corrected chi connectivity index (χ0v) is 14.7. The van der Waals surface area contributed by atoms with Crippen molar-refractivity contribution in [1.29, 1.82) is 0 Å². The topological polar surface area (TPSA) is 33.2 Å². The monoisotopic (exact) mass is 340 g/mol. The van der Waals surface area contributed by atoms with E-state index >= 15 is 0 Å². The molecule has 1 aromatic carbocycles. The van der Waals surface area contributed by atoms with Crippen LogP contribution in [0.25, 0.3) is 0 Å². The van der Waals surface area contributed by atoms with Crippen molar-refractivity contribution in [3.05, 3.63) is 65.2 Å². The third-order valence-corrected chi connectivity index (χ3v) is 4.99. The number of pyridine rings is 1. The van der Waals surface area contributed by atoms with Gasteiger partial charge in [-0.15, -0.1) is 0 Å². The van der Waals surface area contributed by atoms with Crippen LogP contribution in [0.4, 0.5) is 4.39 Å². The van der Waals surface area contributed by atoms with Crippen molar-refractivity contribution in [3.63, 3.8) is 0 Å².